The summed E-state index contributed by atoms with van der Waals surface area (Å²) in [5.41, 5.74) is 2.49. The molecule has 2 aromatic carbocycles. The van der Waals surface area contributed by atoms with Crippen molar-refractivity contribution in [2.24, 2.45) is 5.92 Å². The Balaban J connectivity index is 1.65. The normalized spacial score (nSPS) is 18.1. The fourth-order valence-corrected chi connectivity index (χ4v) is 3.79. The van der Waals surface area contributed by atoms with Crippen molar-refractivity contribution in [2.75, 3.05) is 26.8 Å². The zero-order valence-electron chi connectivity index (χ0n) is 15.7. The lowest BCUT2D eigenvalue weighted by Gasteiger charge is -2.26. The lowest BCUT2D eigenvalue weighted by molar-refractivity contribution is 0.0478. The molecule has 0 aromatic heterocycles. The molecular formula is C22H27ClN2O2. The van der Waals surface area contributed by atoms with Gasteiger partial charge < -0.3 is 15.4 Å². The summed E-state index contributed by atoms with van der Waals surface area (Å²) in [4.78, 5) is 12.8. The van der Waals surface area contributed by atoms with Gasteiger partial charge in [0.2, 0.25) is 0 Å². The van der Waals surface area contributed by atoms with Gasteiger partial charge in [0.15, 0.2) is 0 Å². The van der Waals surface area contributed by atoms with E-state index in [1.165, 1.54) is 6.42 Å². The maximum atomic E-state index is 12.8. The number of rotatable bonds is 7. The molecule has 1 amide bonds. The van der Waals surface area contributed by atoms with Crippen LogP contribution in [-0.4, -0.2) is 38.8 Å². The van der Waals surface area contributed by atoms with Crippen molar-refractivity contribution < 1.29 is 9.53 Å². The van der Waals surface area contributed by atoms with Gasteiger partial charge in [0.1, 0.15) is 0 Å². The number of carbonyl (C=O) groups excluding carboxylic acids is 1. The van der Waals surface area contributed by atoms with Crippen molar-refractivity contribution in [3.63, 3.8) is 0 Å². The van der Waals surface area contributed by atoms with Crippen LogP contribution in [-0.2, 0) is 4.74 Å². The number of benzene rings is 2. The highest BCUT2D eigenvalue weighted by atomic mass is 35.5. The molecule has 3 rings (SSSR count). The SMILES string of the molecule is CN[C@H](CNC(=O)c1ccccc1-c1cccc(Cl)c1)C[C@H]1CCCOC1. The molecule has 0 radical (unpaired) electrons. The Labute approximate surface area is 166 Å². The van der Waals surface area contributed by atoms with E-state index in [4.69, 9.17) is 16.3 Å². The van der Waals surface area contributed by atoms with E-state index >= 15 is 0 Å². The molecular weight excluding hydrogens is 360 g/mol. The molecule has 1 fully saturated rings. The van der Waals surface area contributed by atoms with Gasteiger partial charge in [-0.1, -0.05) is 41.9 Å². The number of ether oxygens (including phenoxy) is 1. The second-order valence-electron chi connectivity index (χ2n) is 7.07. The largest absolute Gasteiger partial charge is 0.381 e. The fraction of sp³-hybridized carbons (Fsp3) is 0.409. The average Bonchev–Trinajstić information content (AvgIpc) is 2.71. The van der Waals surface area contributed by atoms with Crippen LogP contribution in [0.2, 0.25) is 5.02 Å². The Morgan fingerprint density at radius 3 is 2.85 bits per heavy atom. The maximum Gasteiger partial charge on any atom is 0.251 e. The van der Waals surface area contributed by atoms with E-state index in [1.54, 1.807) is 0 Å². The Kier molecular flexibility index (Phi) is 7.27. The van der Waals surface area contributed by atoms with Crippen LogP contribution in [0.15, 0.2) is 48.5 Å². The van der Waals surface area contributed by atoms with Crippen LogP contribution >= 0.6 is 11.6 Å². The summed E-state index contributed by atoms with van der Waals surface area (Å²) < 4.78 is 5.57. The van der Waals surface area contributed by atoms with Gasteiger partial charge >= 0.3 is 0 Å². The van der Waals surface area contributed by atoms with Crippen LogP contribution in [0.1, 0.15) is 29.6 Å². The van der Waals surface area contributed by atoms with E-state index in [1.807, 2.05) is 55.6 Å². The molecule has 1 aliphatic heterocycles. The molecule has 4 nitrogen and oxygen atoms in total. The van der Waals surface area contributed by atoms with Crippen LogP contribution in [0, 0.1) is 5.92 Å². The Bertz CT molecular complexity index is 759. The topological polar surface area (TPSA) is 50.4 Å². The fourth-order valence-electron chi connectivity index (χ4n) is 3.60. The van der Waals surface area contributed by atoms with Crippen molar-refractivity contribution in [3.8, 4) is 11.1 Å². The molecule has 27 heavy (non-hydrogen) atoms. The summed E-state index contributed by atoms with van der Waals surface area (Å²) >= 11 is 6.12. The predicted octanol–water partition coefficient (Wildman–Crippen LogP) is 4.14. The van der Waals surface area contributed by atoms with E-state index in [2.05, 4.69) is 10.6 Å². The van der Waals surface area contributed by atoms with Gasteiger partial charge in [-0.2, -0.15) is 0 Å². The van der Waals surface area contributed by atoms with Gasteiger partial charge in [-0.25, -0.2) is 0 Å². The third-order valence-corrected chi connectivity index (χ3v) is 5.33. The Hall–Kier alpha value is -1.88. The number of hydrogen-bond donors (Lipinski definition) is 2. The first-order chi connectivity index (χ1) is 13.2. The molecule has 2 N–H and O–H groups in total. The molecule has 2 atom stereocenters. The second kappa shape index (κ2) is 9.88. The molecule has 0 bridgehead atoms. The first-order valence-corrected chi connectivity index (χ1v) is 9.93. The third kappa shape index (κ3) is 5.55. The minimum absolute atomic E-state index is 0.0641. The van der Waals surface area contributed by atoms with Crippen molar-refractivity contribution in [1.82, 2.24) is 10.6 Å². The van der Waals surface area contributed by atoms with E-state index in [0.717, 1.165) is 37.2 Å². The van der Waals surface area contributed by atoms with Crippen molar-refractivity contribution >= 4 is 17.5 Å². The number of halogens is 1. The Morgan fingerprint density at radius 2 is 2.11 bits per heavy atom. The standard InChI is InChI=1S/C22H27ClN2O2/c1-24-19(12-16-6-5-11-27-15-16)14-25-22(26)21-10-3-2-9-20(21)17-7-4-8-18(23)13-17/h2-4,7-10,13,16,19,24H,5-6,11-12,14-15H2,1H3,(H,25,26)/t16-,19+/m1/s1. The number of carbonyl (C=O) groups is 1. The third-order valence-electron chi connectivity index (χ3n) is 5.10. The monoisotopic (exact) mass is 386 g/mol. The molecule has 0 unspecified atom stereocenters. The lowest BCUT2D eigenvalue weighted by atomic mass is 9.94. The van der Waals surface area contributed by atoms with Gasteiger partial charge in [0, 0.05) is 36.4 Å². The molecule has 1 aliphatic rings. The summed E-state index contributed by atoms with van der Waals surface area (Å²) in [5.74, 6) is 0.498. The molecule has 0 spiro atoms. The second-order valence-corrected chi connectivity index (χ2v) is 7.51. The van der Waals surface area contributed by atoms with Crippen LogP contribution in [0.25, 0.3) is 11.1 Å². The van der Waals surface area contributed by atoms with Gasteiger partial charge in [0.05, 0.1) is 0 Å². The van der Waals surface area contributed by atoms with Gasteiger partial charge in [-0.3, -0.25) is 4.79 Å². The zero-order chi connectivity index (χ0) is 19.1. The Morgan fingerprint density at radius 1 is 1.26 bits per heavy atom. The predicted molar refractivity (Wildman–Crippen MR) is 110 cm³/mol. The number of amides is 1. The van der Waals surface area contributed by atoms with Crippen molar-refractivity contribution in [2.45, 2.75) is 25.3 Å². The van der Waals surface area contributed by atoms with E-state index < -0.39 is 0 Å². The first-order valence-electron chi connectivity index (χ1n) is 9.55. The minimum Gasteiger partial charge on any atom is -0.381 e. The summed E-state index contributed by atoms with van der Waals surface area (Å²) in [6.07, 6.45) is 3.33. The number of likely N-dealkylation sites (N-methyl/N-ethyl adjacent to an activating group) is 1. The summed E-state index contributed by atoms with van der Waals surface area (Å²) in [6, 6.07) is 15.5. The van der Waals surface area contributed by atoms with Gasteiger partial charge in [-0.15, -0.1) is 0 Å². The number of hydrogen-bond acceptors (Lipinski definition) is 3. The van der Waals surface area contributed by atoms with Crippen LogP contribution in [0.4, 0.5) is 0 Å². The molecule has 0 saturated carbocycles. The zero-order valence-corrected chi connectivity index (χ0v) is 16.5. The minimum atomic E-state index is -0.0641. The highest BCUT2D eigenvalue weighted by molar-refractivity contribution is 6.30. The molecule has 0 aliphatic carbocycles. The number of nitrogens with one attached hydrogen (secondary N) is 2. The van der Waals surface area contributed by atoms with Gasteiger partial charge in [0.25, 0.3) is 5.91 Å². The van der Waals surface area contributed by atoms with E-state index in [-0.39, 0.29) is 11.9 Å². The van der Waals surface area contributed by atoms with Crippen molar-refractivity contribution in [1.29, 1.82) is 0 Å². The highest BCUT2D eigenvalue weighted by Gasteiger charge is 2.20. The smallest absolute Gasteiger partial charge is 0.251 e. The van der Waals surface area contributed by atoms with Gasteiger partial charge in [-0.05, 0) is 61.6 Å². The van der Waals surface area contributed by atoms with Crippen LogP contribution in [0.5, 0.6) is 0 Å². The summed E-state index contributed by atoms with van der Waals surface area (Å²) in [6.45, 7) is 2.29. The molecule has 2 aromatic rings. The highest BCUT2D eigenvalue weighted by Crippen LogP contribution is 2.26. The van der Waals surface area contributed by atoms with Crippen LogP contribution in [0.3, 0.4) is 0 Å². The molecule has 1 saturated heterocycles. The molecule has 144 valence electrons. The van der Waals surface area contributed by atoms with Crippen molar-refractivity contribution in [3.05, 3.63) is 59.1 Å². The molecule has 1 heterocycles. The summed E-state index contributed by atoms with van der Waals surface area (Å²) in [7, 11) is 1.94. The molecule has 5 heteroatoms. The summed E-state index contributed by atoms with van der Waals surface area (Å²) in [5, 5.41) is 7.07. The van der Waals surface area contributed by atoms with E-state index in [9.17, 15) is 4.79 Å². The average molecular weight is 387 g/mol. The van der Waals surface area contributed by atoms with E-state index in [0.29, 0.717) is 23.0 Å². The quantitative estimate of drug-likeness (QED) is 0.751. The first kappa shape index (κ1) is 19.9. The lowest BCUT2D eigenvalue weighted by Crippen LogP contribution is -2.41. The van der Waals surface area contributed by atoms with Crippen LogP contribution < -0.4 is 10.6 Å². The maximum absolute atomic E-state index is 12.8.